The summed E-state index contributed by atoms with van der Waals surface area (Å²) in [5, 5.41) is 3.16. The number of nitrogens with one attached hydrogen (secondary N) is 1. The lowest BCUT2D eigenvalue weighted by atomic mass is 9.77. The van der Waals surface area contributed by atoms with Crippen LogP contribution in [0.5, 0.6) is 0 Å². The van der Waals surface area contributed by atoms with E-state index in [0.29, 0.717) is 16.8 Å². The summed E-state index contributed by atoms with van der Waals surface area (Å²) in [4.78, 5) is 13.2. The summed E-state index contributed by atoms with van der Waals surface area (Å²) < 4.78 is 0. The summed E-state index contributed by atoms with van der Waals surface area (Å²) in [7, 11) is 0. The summed E-state index contributed by atoms with van der Waals surface area (Å²) in [6, 6.07) is -0.0767. The number of carbonyl (C=O) groups excluding carboxylic acids is 1. The first-order valence-electron chi connectivity index (χ1n) is 7.55. The first-order chi connectivity index (χ1) is 8.94. The van der Waals surface area contributed by atoms with Gasteiger partial charge < -0.3 is 11.1 Å². The standard InChI is InChI=1S/C15H26N2OS/c1-10(2)9-15(7-3-4-8-15)14(18)17-12(13(16)19)11-5-6-11/h10-12H,3-9H2,1-2H3,(H2,16,19)(H,17,18). The molecule has 108 valence electrons. The Morgan fingerprint density at radius 3 is 2.37 bits per heavy atom. The maximum atomic E-state index is 12.7. The second-order valence-corrected chi connectivity index (χ2v) is 7.25. The van der Waals surface area contributed by atoms with Crippen LogP contribution in [0, 0.1) is 17.3 Å². The normalized spacial score (nSPS) is 23.3. The topological polar surface area (TPSA) is 55.1 Å². The molecule has 1 unspecified atom stereocenters. The van der Waals surface area contributed by atoms with Crippen LogP contribution in [0.25, 0.3) is 0 Å². The molecule has 0 aromatic heterocycles. The minimum atomic E-state index is -0.161. The maximum Gasteiger partial charge on any atom is 0.226 e. The molecule has 3 N–H and O–H groups in total. The zero-order chi connectivity index (χ0) is 14.0. The van der Waals surface area contributed by atoms with Crippen LogP contribution in [0.2, 0.25) is 0 Å². The number of thiocarbonyl (C=S) groups is 1. The molecule has 19 heavy (non-hydrogen) atoms. The van der Waals surface area contributed by atoms with Gasteiger partial charge in [0, 0.05) is 5.41 Å². The number of rotatable bonds is 6. The van der Waals surface area contributed by atoms with Gasteiger partial charge in [-0.2, -0.15) is 0 Å². The van der Waals surface area contributed by atoms with Gasteiger partial charge in [0.15, 0.2) is 0 Å². The van der Waals surface area contributed by atoms with Crippen molar-refractivity contribution in [3.63, 3.8) is 0 Å². The molecular formula is C15H26N2OS. The van der Waals surface area contributed by atoms with Crippen molar-refractivity contribution in [3.8, 4) is 0 Å². The third-order valence-electron chi connectivity index (χ3n) is 4.53. The SMILES string of the molecule is CC(C)CC1(C(=O)NC(C(N)=S)C2CC2)CCCC1. The Balaban J connectivity index is 2.04. The molecule has 2 aliphatic rings. The number of hydrogen-bond acceptors (Lipinski definition) is 2. The minimum absolute atomic E-state index is 0.0767. The zero-order valence-corrected chi connectivity index (χ0v) is 12.9. The van der Waals surface area contributed by atoms with Crippen LogP contribution in [-0.4, -0.2) is 16.9 Å². The number of carbonyl (C=O) groups is 1. The number of hydrogen-bond donors (Lipinski definition) is 2. The van der Waals surface area contributed by atoms with Gasteiger partial charge in [0.25, 0.3) is 0 Å². The fourth-order valence-electron chi connectivity index (χ4n) is 3.50. The van der Waals surface area contributed by atoms with Crippen molar-refractivity contribution >= 4 is 23.1 Å². The molecule has 2 rings (SSSR count). The third kappa shape index (κ3) is 3.47. The molecule has 0 aromatic rings. The predicted molar refractivity (Wildman–Crippen MR) is 81.8 cm³/mol. The summed E-state index contributed by atoms with van der Waals surface area (Å²) in [5.74, 6) is 1.23. The van der Waals surface area contributed by atoms with Gasteiger partial charge >= 0.3 is 0 Å². The summed E-state index contributed by atoms with van der Waals surface area (Å²) in [6.45, 7) is 4.39. The van der Waals surface area contributed by atoms with Crippen molar-refractivity contribution in [1.29, 1.82) is 0 Å². The van der Waals surface area contributed by atoms with Crippen molar-refractivity contribution in [1.82, 2.24) is 5.32 Å². The smallest absolute Gasteiger partial charge is 0.226 e. The largest absolute Gasteiger partial charge is 0.392 e. The molecule has 2 fully saturated rings. The van der Waals surface area contributed by atoms with Crippen LogP contribution in [0.15, 0.2) is 0 Å². The first kappa shape index (κ1) is 14.8. The lowest BCUT2D eigenvalue weighted by molar-refractivity contribution is -0.132. The molecule has 2 aliphatic carbocycles. The molecule has 0 radical (unpaired) electrons. The van der Waals surface area contributed by atoms with E-state index in [0.717, 1.165) is 32.1 Å². The first-order valence-corrected chi connectivity index (χ1v) is 7.96. The highest BCUT2D eigenvalue weighted by molar-refractivity contribution is 7.80. The quantitative estimate of drug-likeness (QED) is 0.737. The molecule has 2 saturated carbocycles. The lowest BCUT2D eigenvalue weighted by Gasteiger charge is -2.31. The molecule has 1 atom stereocenters. The highest BCUT2D eigenvalue weighted by Gasteiger charge is 2.44. The van der Waals surface area contributed by atoms with Crippen LogP contribution < -0.4 is 11.1 Å². The lowest BCUT2D eigenvalue weighted by Crippen LogP contribution is -2.50. The summed E-state index contributed by atoms with van der Waals surface area (Å²) >= 11 is 5.11. The van der Waals surface area contributed by atoms with E-state index in [4.69, 9.17) is 18.0 Å². The Morgan fingerprint density at radius 2 is 1.95 bits per heavy atom. The highest BCUT2D eigenvalue weighted by Crippen LogP contribution is 2.44. The molecule has 0 heterocycles. The van der Waals surface area contributed by atoms with Crippen molar-refractivity contribution in [2.45, 2.75) is 64.8 Å². The molecule has 4 heteroatoms. The van der Waals surface area contributed by atoms with Gasteiger partial charge in [0.05, 0.1) is 11.0 Å². The van der Waals surface area contributed by atoms with Crippen LogP contribution in [0.4, 0.5) is 0 Å². The Bertz CT molecular complexity index is 357. The fourth-order valence-corrected chi connectivity index (χ4v) is 3.75. The van der Waals surface area contributed by atoms with Crippen molar-refractivity contribution in [2.75, 3.05) is 0 Å². The molecule has 3 nitrogen and oxygen atoms in total. The minimum Gasteiger partial charge on any atom is -0.392 e. The fraction of sp³-hybridized carbons (Fsp3) is 0.867. The summed E-state index contributed by atoms with van der Waals surface area (Å²) in [5.41, 5.74) is 5.63. The van der Waals surface area contributed by atoms with E-state index in [-0.39, 0.29) is 17.4 Å². The molecule has 0 spiro atoms. The van der Waals surface area contributed by atoms with Crippen molar-refractivity contribution < 1.29 is 4.79 Å². The third-order valence-corrected chi connectivity index (χ3v) is 4.78. The van der Waals surface area contributed by atoms with Gasteiger partial charge in [-0.3, -0.25) is 4.79 Å². The molecule has 0 aliphatic heterocycles. The number of amides is 1. The Labute approximate surface area is 121 Å². The van der Waals surface area contributed by atoms with Crippen LogP contribution in [0.3, 0.4) is 0 Å². The average Bonchev–Trinajstić information content (AvgIpc) is 3.05. The van der Waals surface area contributed by atoms with Gasteiger partial charge in [-0.1, -0.05) is 38.9 Å². The molecular weight excluding hydrogens is 256 g/mol. The molecule has 0 bridgehead atoms. The van der Waals surface area contributed by atoms with Gasteiger partial charge in [0.1, 0.15) is 0 Å². The highest BCUT2D eigenvalue weighted by atomic mass is 32.1. The Kier molecular flexibility index (Phi) is 4.49. The Morgan fingerprint density at radius 1 is 1.37 bits per heavy atom. The Hall–Kier alpha value is -0.640. The predicted octanol–water partition coefficient (Wildman–Crippen LogP) is 2.77. The average molecular weight is 282 g/mol. The van der Waals surface area contributed by atoms with Crippen molar-refractivity contribution in [2.24, 2.45) is 23.0 Å². The second-order valence-electron chi connectivity index (χ2n) is 6.78. The van der Waals surface area contributed by atoms with E-state index < -0.39 is 0 Å². The summed E-state index contributed by atoms with van der Waals surface area (Å²) in [6.07, 6.45) is 7.63. The molecule has 0 saturated heterocycles. The van der Waals surface area contributed by atoms with Gasteiger partial charge in [-0.15, -0.1) is 0 Å². The van der Waals surface area contributed by atoms with E-state index in [1.807, 2.05) is 0 Å². The van der Waals surface area contributed by atoms with Gasteiger partial charge in [-0.25, -0.2) is 0 Å². The second kappa shape index (κ2) is 5.78. The van der Waals surface area contributed by atoms with Crippen LogP contribution >= 0.6 is 12.2 Å². The maximum absolute atomic E-state index is 12.7. The van der Waals surface area contributed by atoms with Crippen LogP contribution in [-0.2, 0) is 4.79 Å². The molecule has 1 amide bonds. The van der Waals surface area contributed by atoms with Gasteiger partial charge in [-0.05, 0) is 43.9 Å². The van der Waals surface area contributed by atoms with E-state index >= 15 is 0 Å². The zero-order valence-electron chi connectivity index (χ0n) is 12.1. The van der Waals surface area contributed by atoms with Crippen molar-refractivity contribution in [3.05, 3.63) is 0 Å². The van der Waals surface area contributed by atoms with Gasteiger partial charge in [0.2, 0.25) is 5.91 Å². The van der Waals surface area contributed by atoms with E-state index in [2.05, 4.69) is 19.2 Å². The van der Waals surface area contributed by atoms with E-state index in [1.54, 1.807) is 0 Å². The van der Waals surface area contributed by atoms with E-state index in [9.17, 15) is 4.79 Å². The molecule has 0 aromatic carbocycles. The monoisotopic (exact) mass is 282 g/mol. The number of nitrogens with two attached hydrogens (primary N) is 1. The van der Waals surface area contributed by atoms with E-state index in [1.165, 1.54) is 12.8 Å². The van der Waals surface area contributed by atoms with Crippen LogP contribution in [0.1, 0.15) is 58.8 Å².